The summed E-state index contributed by atoms with van der Waals surface area (Å²) in [5.74, 6) is 0.910. The lowest BCUT2D eigenvalue weighted by atomic mass is 10.2. The highest BCUT2D eigenvalue weighted by atomic mass is 16.5. The molecular weight excluding hydrogens is 324 g/mol. The van der Waals surface area contributed by atoms with E-state index in [-0.39, 0.29) is 11.9 Å². The molecular formula is C15H16N8O2. The number of amides is 1. The Morgan fingerprint density at radius 1 is 1.36 bits per heavy atom. The van der Waals surface area contributed by atoms with Crippen LogP contribution in [0.2, 0.25) is 0 Å². The number of tetrazole rings is 1. The first-order chi connectivity index (χ1) is 12.3. The maximum atomic E-state index is 12.5. The Kier molecular flexibility index (Phi) is 4.15. The maximum Gasteiger partial charge on any atom is 0.249 e. The molecule has 0 spiro atoms. The summed E-state index contributed by atoms with van der Waals surface area (Å²) in [4.78, 5) is 23.0. The molecule has 1 amide bonds. The van der Waals surface area contributed by atoms with Gasteiger partial charge in [0, 0.05) is 19.2 Å². The van der Waals surface area contributed by atoms with Gasteiger partial charge in [0.25, 0.3) is 0 Å². The van der Waals surface area contributed by atoms with E-state index in [4.69, 9.17) is 4.52 Å². The van der Waals surface area contributed by atoms with E-state index < -0.39 is 0 Å². The van der Waals surface area contributed by atoms with Crippen LogP contribution in [-0.4, -0.2) is 52.7 Å². The Bertz CT molecular complexity index is 832. The summed E-state index contributed by atoms with van der Waals surface area (Å²) in [6.45, 7) is 1.12. The van der Waals surface area contributed by atoms with Gasteiger partial charge in [0.2, 0.25) is 17.6 Å². The summed E-state index contributed by atoms with van der Waals surface area (Å²) < 4.78 is 6.94. The molecule has 0 radical (unpaired) electrons. The highest BCUT2D eigenvalue weighted by molar-refractivity contribution is 5.76. The van der Waals surface area contributed by atoms with Crippen molar-refractivity contribution in [2.75, 3.05) is 6.54 Å². The topological polar surface area (TPSA) is 116 Å². The molecule has 0 aromatic carbocycles. The Hall–Kier alpha value is -3.17. The minimum atomic E-state index is -0.189. The van der Waals surface area contributed by atoms with E-state index >= 15 is 0 Å². The molecule has 0 saturated carbocycles. The molecule has 0 aliphatic carbocycles. The van der Waals surface area contributed by atoms with Gasteiger partial charge in [-0.05, 0) is 35.4 Å². The quantitative estimate of drug-likeness (QED) is 0.672. The Labute approximate surface area is 142 Å². The largest absolute Gasteiger partial charge is 0.337 e. The molecule has 128 valence electrons. The normalized spacial score (nSPS) is 17.1. The van der Waals surface area contributed by atoms with Gasteiger partial charge >= 0.3 is 0 Å². The molecule has 1 atom stereocenters. The molecule has 1 aliphatic heterocycles. The van der Waals surface area contributed by atoms with Crippen molar-refractivity contribution >= 4 is 5.91 Å². The van der Waals surface area contributed by atoms with Gasteiger partial charge in [0.1, 0.15) is 18.1 Å². The van der Waals surface area contributed by atoms with Crippen LogP contribution in [0.1, 0.15) is 31.2 Å². The minimum Gasteiger partial charge on any atom is -0.337 e. The third kappa shape index (κ3) is 3.23. The smallest absolute Gasteiger partial charge is 0.249 e. The first-order valence-corrected chi connectivity index (χ1v) is 8.06. The van der Waals surface area contributed by atoms with E-state index in [1.807, 2.05) is 18.2 Å². The van der Waals surface area contributed by atoms with Crippen molar-refractivity contribution in [3.63, 3.8) is 0 Å². The van der Waals surface area contributed by atoms with Gasteiger partial charge in [0.15, 0.2) is 0 Å². The van der Waals surface area contributed by atoms with Gasteiger partial charge in [-0.3, -0.25) is 9.78 Å². The SMILES string of the molecule is O=C(CCn1cnnn1)N1CCCC1c1nc(-c2ccccn2)no1. The summed E-state index contributed by atoms with van der Waals surface area (Å²) in [7, 11) is 0. The summed E-state index contributed by atoms with van der Waals surface area (Å²) in [5.41, 5.74) is 0.645. The lowest BCUT2D eigenvalue weighted by Crippen LogP contribution is -2.31. The number of hydrogen-bond donors (Lipinski definition) is 0. The third-order valence-corrected chi connectivity index (χ3v) is 4.14. The van der Waals surface area contributed by atoms with Crippen LogP contribution in [0.25, 0.3) is 11.5 Å². The van der Waals surface area contributed by atoms with E-state index in [2.05, 4.69) is 30.7 Å². The Morgan fingerprint density at radius 3 is 3.12 bits per heavy atom. The molecule has 25 heavy (non-hydrogen) atoms. The average molecular weight is 340 g/mol. The van der Waals surface area contributed by atoms with E-state index in [0.717, 1.165) is 12.8 Å². The molecule has 1 unspecified atom stereocenters. The molecule has 10 heteroatoms. The molecule has 4 heterocycles. The second kappa shape index (κ2) is 6.75. The van der Waals surface area contributed by atoms with Crippen LogP contribution < -0.4 is 0 Å². The standard InChI is InChI=1S/C15H16N8O2/c24-13(6-9-22-10-17-20-21-22)23-8-3-5-12(23)15-18-14(19-25-15)11-4-1-2-7-16-11/h1-2,4,7,10,12H,3,5-6,8-9H2. The van der Waals surface area contributed by atoms with Crippen molar-refractivity contribution in [1.82, 2.24) is 40.2 Å². The van der Waals surface area contributed by atoms with Gasteiger partial charge in [-0.25, -0.2) is 4.68 Å². The molecule has 1 aliphatic rings. The van der Waals surface area contributed by atoms with Gasteiger partial charge in [-0.2, -0.15) is 4.98 Å². The van der Waals surface area contributed by atoms with Crippen LogP contribution in [-0.2, 0) is 11.3 Å². The molecule has 0 bridgehead atoms. The lowest BCUT2D eigenvalue weighted by Gasteiger charge is -2.21. The van der Waals surface area contributed by atoms with Gasteiger partial charge < -0.3 is 9.42 Å². The fourth-order valence-electron chi connectivity index (χ4n) is 2.93. The van der Waals surface area contributed by atoms with Crippen molar-refractivity contribution in [2.24, 2.45) is 0 Å². The Balaban J connectivity index is 1.46. The number of nitrogens with zero attached hydrogens (tertiary/aromatic N) is 8. The maximum absolute atomic E-state index is 12.5. The molecule has 3 aromatic heterocycles. The van der Waals surface area contributed by atoms with E-state index in [9.17, 15) is 4.79 Å². The second-order valence-corrected chi connectivity index (χ2v) is 5.74. The minimum absolute atomic E-state index is 0.0237. The van der Waals surface area contributed by atoms with Gasteiger partial charge in [-0.1, -0.05) is 11.2 Å². The summed E-state index contributed by atoms with van der Waals surface area (Å²) in [6, 6.07) is 5.32. The van der Waals surface area contributed by atoms with Crippen molar-refractivity contribution in [3.05, 3.63) is 36.6 Å². The number of hydrogen-bond acceptors (Lipinski definition) is 8. The van der Waals surface area contributed by atoms with Crippen LogP contribution in [0.5, 0.6) is 0 Å². The van der Waals surface area contributed by atoms with Crippen molar-refractivity contribution in [1.29, 1.82) is 0 Å². The van der Waals surface area contributed by atoms with Crippen molar-refractivity contribution in [2.45, 2.75) is 31.8 Å². The number of pyridine rings is 1. The Morgan fingerprint density at radius 2 is 2.32 bits per heavy atom. The van der Waals surface area contributed by atoms with E-state index in [1.54, 1.807) is 11.1 Å². The van der Waals surface area contributed by atoms with Crippen LogP contribution in [0.3, 0.4) is 0 Å². The van der Waals surface area contributed by atoms with Gasteiger partial charge in [-0.15, -0.1) is 5.10 Å². The predicted molar refractivity (Wildman–Crippen MR) is 83.7 cm³/mol. The zero-order chi connectivity index (χ0) is 17.1. The molecule has 3 aromatic rings. The molecule has 0 N–H and O–H groups in total. The number of aromatic nitrogens is 7. The number of rotatable bonds is 5. The van der Waals surface area contributed by atoms with Crippen LogP contribution >= 0.6 is 0 Å². The zero-order valence-electron chi connectivity index (χ0n) is 13.4. The average Bonchev–Trinajstić information content (AvgIpc) is 3.41. The monoisotopic (exact) mass is 340 g/mol. The lowest BCUT2D eigenvalue weighted by molar-refractivity contribution is -0.132. The zero-order valence-corrected chi connectivity index (χ0v) is 13.4. The number of likely N-dealkylation sites (tertiary alicyclic amines) is 1. The predicted octanol–water partition coefficient (Wildman–Crippen LogP) is 0.872. The summed E-state index contributed by atoms with van der Waals surface area (Å²) in [6.07, 6.45) is 5.20. The highest BCUT2D eigenvalue weighted by Crippen LogP contribution is 2.32. The van der Waals surface area contributed by atoms with Crippen molar-refractivity contribution in [3.8, 4) is 11.5 Å². The molecule has 10 nitrogen and oxygen atoms in total. The number of carbonyl (C=O) groups excluding carboxylic acids is 1. The molecule has 1 saturated heterocycles. The second-order valence-electron chi connectivity index (χ2n) is 5.74. The van der Waals surface area contributed by atoms with Crippen LogP contribution in [0.15, 0.2) is 35.2 Å². The van der Waals surface area contributed by atoms with E-state index in [1.165, 1.54) is 11.0 Å². The van der Waals surface area contributed by atoms with E-state index in [0.29, 0.717) is 36.9 Å². The third-order valence-electron chi connectivity index (χ3n) is 4.14. The van der Waals surface area contributed by atoms with Crippen LogP contribution in [0, 0.1) is 0 Å². The first-order valence-electron chi connectivity index (χ1n) is 8.06. The summed E-state index contributed by atoms with van der Waals surface area (Å²) >= 11 is 0. The van der Waals surface area contributed by atoms with Crippen molar-refractivity contribution < 1.29 is 9.32 Å². The molecule has 4 rings (SSSR count). The fraction of sp³-hybridized carbons (Fsp3) is 0.400. The highest BCUT2D eigenvalue weighted by Gasteiger charge is 2.34. The number of carbonyl (C=O) groups is 1. The summed E-state index contributed by atoms with van der Waals surface area (Å²) in [5, 5.41) is 14.9. The van der Waals surface area contributed by atoms with Gasteiger partial charge in [0.05, 0.1) is 6.54 Å². The molecule has 1 fully saturated rings. The first kappa shape index (κ1) is 15.4. The fourth-order valence-corrected chi connectivity index (χ4v) is 2.93. The number of aryl methyl sites for hydroxylation is 1. The van der Waals surface area contributed by atoms with Crippen LogP contribution in [0.4, 0.5) is 0 Å².